The van der Waals surface area contributed by atoms with E-state index in [1.165, 1.54) is 10.6 Å². The normalized spacial score (nSPS) is 16.6. The Bertz CT molecular complexity index is 822. The fourth-order valence-electron chi connectivity index (χ4n) is 3.24. The SMILES string of the molecule is CN(C1CCCCC1)S(=O)(=O)NC(=O)Cc1coc2ccccc12. The molecule has 1 aliphatic carbocycles. The van der Waals surface area contributed by atoms with Crippen molar-refractivity contribution < 1.29 is 17.6 Å². The van der Waals surface area contributed by atoms with E-state index >= 15 is 0 Å². The fourth-order valence-corrected chi connectivity index (χ4v) is 4.34. The summed E-state index contributed by atoms with van der Waals surface area (Å²) in [5.41, 5.74) is 1.36. The van der Waals surface area contributed by atoms with E-state index in [2.05, 4.69) is 4.72 Å². The van der Waals surface area contributed by atoms with Crippen LogP contribution < -0.4 is 4.72 Å². The number of nitrogens with one attached hydrogen (secondary N) is 1. The Labute approximate surface area is 142 Å². The number of benzene rings is 1. The second kappa shape index (κ2) is 6.94. The number of carbonyl (C=O) groups excluding carboxylic acids is 1. The maximum absolute atomic E-state index is 12.4. The minimum Gasteiger partial charge on any atom is -0.464 e. The number of para-hydroxylation sites is 1. The zero-order chi connectivity index (χ0) is 17.2. The summed E-state index contributed by atoms with van der Waals surface area (Å²) in [4.78, 5) is 12.2. The molecule has 0 radical (unpaired) electrons. The van der Waals surface area contributed by atoms with Crippen LogP contribution in [0.5, 0.6) is 0 Å². The number of hydrogen-bond acceptors (Lipinski definition) is 4. The Balaban J connectivity index is 1.67. The highest BCUT2D eigenvalue weighted by Crippen LogP contribution is 2.23. The van der Waals surface area contributed by atoms with Crippen molar-refractivity contribution in [2.75, 3.05) is 7.05 Å². The third kappa shape index (κ3) is 3.62. The van der Waals surface area contributed by atoms with Crippen molar-refractivity contribution in [2.24, 2.45) is 0 Å². The van der Waals surface area contributed by atoms with Gasteiger partial charge in [0.25, 0.3) is 0 Å². The Morgan fingerprint density at radius 3 is 2.71 bits per heavy atom. The molecule has 1 fully saturated rings. The first kappa shape index (κ1) is 17.0. The number of furan rings is 1. The molecule has 2 aromatic rings. The van der Waals surface area contributed by atoms with Crippen LogP contribution >= 0.6 is 0 Å². The van der Waals surface area contributed by atoms with Gasteiger partial charge in [-0.15, -0.1) is 0 Å². The molecule has 0 unspecified atom stereocenters. The van der Waals surface area contributed by atoms with Crippen molar-refractivity contribution in [3.8, 4) is 0 Å². The lowest BCUT2D eigenvalue weighted by atomic mass is 9.96. The number of nitrogens with zero attached hydrogens (tertiary/aromatic N) is 1. The Hall–Kier alpha value is -1.86. The van der Waals surface area contributed by atoms with Gasteiger partial charge in [-0.2, -0.15) is 12.7 Å². The first-order valence-electron chi connectivity index (χ1n) is 8.21. The first-order valence-corrected chi connectivity index (χ1v) is 9.65. The quantitative estimate of drug-likeness (QED) is 0.899. The molecule has 6 nitrogen and oxygen atoms in total. The minimum atomic E-state index is -3.81. The molecular formula is C17H22N2O4S. The van der Waals surface area contributed by atoms with Crippen LogP contribution in [0.25, 0.3) is 11.0 Å². The van der Waals surface area contributed by atoms with Gasteiger partial charge < -0.3 is 4.42 Å². The van der Waals surface area contributed by atoms with Crippen molar-refractivity contribution in [3.05, 3.63) is 36.1 Å². The smallest absolute Gasteiger partial charge is 0.303 e. The molecule has 1 aromatic carbocycles. The summed E-state index contributed by atoms with van der Waals surface area (Å²) in [6.45, 7) is 0. The molecule has 1 aromatic heterocycles. The fraction of sp³-hybridized carbons (Fsp3) is 0.471. The minimum absolute atomic E-state index is 0.0289. The predicted octanol–water partition coefficient (Wildman–Crippen LogP) is 2.60. The molecule has 7 heteroatoms. The topological polar surface area (TPSA) is 79.6 Å². The lowest BCUT2D eigenvalue weighted by Gasteiger charge is -2.30. The van der Waals surface area contributed by atoms with Gasteiger partial charge in [0, 0.05) is 24.0 Å². The van der Waals surface area contributed by atoms with E-state index in [0.29, 0.717) is 11.1 Å². The van der Waals surface area contributed by atoms with Crippen molar-refractivity contribution in [3.63, 3.8) is 0 Å². The number of rotatable bonds is 5. The van der Waals surface area contributed by atoms with Crippen LogP contribution in [0.4, 0.5) is 0 Å². The van der Waals surface area contributed by atoms with E-state index in [1.807, 2.05) is 24.3 Å². The van der Waals surface area contributed by atoms with Gasteiger partial charge in [-0.05, 0) is 18.9 Å². The van der Waals surface area contributed by atoms with E-state index in [1.54, 1.807) is 7.05 Å². The van der Waals surface area contributed by atoms with Gasteiger partial charge in [0.05, 0.1) is 12.7 Å². The first-order chi connectivity index (χ1) is 11.5. The lowest BCUT2D eigenvalue weighted by molar-refractivity contribution is -0.118. The van der Waals surface area contributed by atoms with Crippen molar-refractivity contribution in [2.45, 2.75) is 44.6 Å². The van der Waals surface area contributed by atoms with E-state index in [-0.39, 0.29) is 12.5 Å². The maximum Gasteiger partial charge on any atom is 0.303 e. The standard InChI is InChI=1S/C17H22N2O4S/c1-19(14-7-3-2-4-8-14)24(21,22)18-17(20)11-13-12-23-16-10-6-5-9-15(13)16/h5-6,9-10,12,14H,2-4,7-8,11H2,1H3,(H,18,20). The molecule has 1 N–H and O–H groups in total. The van der Waals surface area contributed by atoms with E-state index in [0.717, 1.165) is 37.5 Å². The van der Waals surface area contributed by atoms with Gasteiger partial charge in [-0.3, -0.25) is 4.79 Å². The van der Waals surface area contributed by atoms with Crippen LogP contribution in [0.2, 0.25) is 0 Å². The van der Waals surface area contributed by atoms with Crippen molar-refractivity contribution in [1.82, 2.24) is 9.03 Å². The average Bonchev–Trinajstić information content (AvgIpc) is 2.97. The molecule has 0 saturated heterocycles. The van der Waals surface area contributed by atoms with Crippen LogP contribution in [0, 0.1) is 0 Å². The van der Waals surface area contributed by atoms with Crippen LogP contribution in [-0.4, -0.2) is 31.7 Å². The third-order valence-electron chi connectivity index (χ3n) is 4.62. The lowest BCUT2D eigenvalue weighted by Crippen LogP contribution is -2.47. The summed E-state index contributed by atoms with van der Waals surface area (Å²) < 4.78 is 33.7. The third-order valence-corrected chi connectivity index (χ3v) is 6.17. The van der Waals surface area contributed by atoms with Gasteiger partial charge in [0.2, 0.25) is 5.91 Å². The van der Waals surface area contributed by atoms with Crippen molar-refractivity contribution in [1.29, 1.82) is 0 Å². The molecule has 130 valence electrons. The van der Waals surface area contributed by atoms with Gasteiger partial charge in [0.15, 0.2) is 0 Å². The molecule has 1 amide bonds. The van der Waals surface area contributed by atoms with Gasteiger partial charge in [0.1, 0.15) is 5.58 Å². The van der Waals surface area contributed by atoms with Crippen LogP contribution in [0.3, 0.4) is 0 Å². The Kier molecular flexibility index (Phi) is 4.91. The molecule has 1 aliphatic rings. The van der Waals surface area contributed by atoms with Gasteiger partial charge in [-0.25, -0.2) is 4.72 Å². The van der Waals surface area contributed by atoms with Crippen LogP contribution in [0.1, 0.15) is 37.7 Å². The Morgan fingerprint density at radius 1 is 1.25 bits per heavy atom. The van der Waals surface area contributed by atoms with Crippen LogP contribution in [0.15, 0.2) is 34.9 Å². The zero-order valence-corrected chi connectivity index (χ0v) is 14.5. The van der Waals surface area contributed by atoms with Crippen molar-refractivity contribution >= 4 is 27.1 Å². The second-order valence-corrected chi connectivity index (χ2v) is 8.00. The molecule has 0 atom stereocenters. The number of carbonyl (C=O) groups is 1. The highest BCUT2D eigenvalue weighted by Gasteiger charge is 2.29. The van der Waals surface area contributed by atoms with Crippen LogP contribution in [-0.2, 0) is 21.4 Å². The average molecular weight is 350 g/mol. The Morgan fingerprint density at radius 2 is 1.96 bits per heavy atom. The number of amides is 1. The summed E-state index contributed by atoms with van der Waals surface area (Å²) in [6, 6.07) is 7.33. The summed E-state index contributed by atoms with van der Waals surface area (Å²) in [6.07, 6.45) is 6.36. The predicted molar refractivity (Wildman–Crippen MR) is 91.6 cm³/mol. The molecule has 0 aliphatic heterocycles. The number of fused-ring (bicyclic) bond motifs is 1. The highest BCUT2D eigenvalue weighted by molar-refractivity contribution is 7.87. The molecule has 1 heterocycles. The van der Waals surface area contributed by atoms with Gasteiger partial charge in [-0.1, -0.05) is 37.5 Å². The summed E-state index contributed by atoms with van der Waals surface area (Å²) in [5.74, 6) is -0.552. The summed E-state index contributed by atoms with van der Waals surface area (Å²) in [7, 11) is -2.27. The molecular weight excluding hydrogens is 328 g/mol. The van der Waals surface area contributed by atoms with E-state index in [4.69, 9.17) is 4.42 Å². The monoisotopic (exact) mass is 350 g/mol. The molecule has 3 rings (SSSR count). The summed E-state index contributed by atoms with van der Waals surface area (Å²) in [5, 5.41) is 0.825. The molecule has 1 saturated carbocycles. The summed E-state index contributed by atoms with van der Waals surface area (Å²) >= 11 is 0. The number of hydrogen-bond donors (Lipinski definition) is 1. The largest absolute Gasteiger partial charge is 0.464 e. The maximum atomic E-state index is 12.4. The second-order valence-electron chi connectivity index (χ2n) is 6.27. The zero-order valence-electron chi connectivity index (χ0n) is 13.7. The highest BCUT2D eigenvalue weighted by atomic mass is 32.2. The molecule has 24 heavy (non-hydrogen) atoms. The van der Waals surface area contributed by atoms with E-state index in [9.17, 15) is 13.2 Å². The molecule has 0 bridgehead atoms. The molecule has 0 spiro atoms. The van der Waals surface area contributed by atoms with E-state index < -0.39 is 16.1 Å². The van der Waals surface area contributed by atoms with Gasteiger partial charge >= 0.3 is 10.2 Å².